The first-order valence-electron chi connectivity index (χ1n) is 20.7. The van der Waals surface area contributed by atoms with E-state index in [9.17, 15) is 14.7 Å². The van der Waals surface area contributed by atoms with Crippen molar-refractivity contribution >= 4 is 12.3 Å². The number of piperidine rings is 1. The number of unbranched alkanes of at least 4 members (excludes halogenated alkanes) is 2. The number of fused-ring (bicyclic) bond motifs is 2. The van der Waals surface area contributed by atoms with Gasteiger partial charge < -0.3 is 19.5 Å². The van der Waals surface area contributed by atoms with E-state index in [2.05, 4.69) is 43.6 Å². The molecule has 4 saturated carbocycles. The van der Waals surface area contributed by atoms with Crippen molar-refractivity contribution < 1.29 is 19.4 Å². The number of carboxylic acid groups (broad SMARTS) is 1. The number of nitrogens with zero attached hydrogens (tertiary/aromatic N) is 2. The molecule has 48 heavy (non-hydrogen) atoms. The van der Waals surface area contributed by atoms with Gasteiger partial charge in [-0.2, -0.15) is 0 Å². The molecule has 2 aliphatic heterocycles. The minimum atomic E-state index is -1.14. The topological polar surface area (TPSA) is 70.1 Å². The van der Waals surface area contributed by atoms with Gasteiger partial charge in [-0.3, -0.25) is 9.69 Å². The molecule has 4 bridgehead atoms. The van der Waals surface area contributed by atoms with E-state index in [1.165, 1.54) is 90.0 Å². The van der Waals surface area contributed by atoms with Crippen molar-refractivity contribution in [3.8, 4) is 0 Å². The molecule has 10 atom stereocenters. The molecular weight excluding hydrogens is 596 g/mol. The van der Waals surface area contributed by atoms with Crippen LogP contribution in [0, 0.1) is 57.7 Å². The zero-order valence-corrected chi connectivity index (χ0v) is 31.0. The highest BCUT2D eigenvalue weighted by molar-refractivity contribution is 5.90. The van der Waals surface area contributed by atoms with Gasteiger partial charge in [0.05, 0.1) is 17.6 Å². The first-order chi connectivity index (χ1) is 23.2. The quantitative estimate of drug-likeness (QED) is 0.108. The molecule has 6 nitrogen and oxygen atoms in total. The van der Waals surface area contributed by atoms with Gasteiger partial charge in [-0.15, -0.1) is 0 Å². The van der Waals surface area contributed by atoms with Crippen LogP contribution >= 0.6 is 0 Å². The predicted octanol–water partition coefficient (Wildman–Crippen LogP) is 8.24. The number of carboxylic acids is 1. The monoisotopic (exact) mass is 665 g/mol. The van der Waals surface area contributed by atoms with Crippen molar-refractivity contribution in [2.45, 2.75) is 143 Å². The summed E-state index contributed by atoms with van der Waals surface area (Å²) in [5.74, 6) is 1.87. The molecule has 0 aromatic carbocycles. The summed E-state index contributed by atoms with van der Waals surface area (Å²) in [4.78, 5) is 33.4. The largest absolute Gasteiger partial charge is 0.481 e. The fraction of sp³-hybridized carbons (Fsp3) is 0.905. The summed E-state index contributed by atoms with van der Waals surface area (Å²) in [5.41, 5.74) is -1.42. The molecule has 5 aliphatic carbocycles. The number of carbonyl (C=O) groups excluding carboxylic acids is 1. The first-order valence-corrected chi connectivity index (χ1v) is 20.7. The number of hydrogen-bond donors (Lipinski definition) is 1. The standard InChI is InChI=1S/C42H68N2O4/c1-5-6-10-19-44(21-20-43-17-11-7-12-18-43)27-37-32(22-31-13-8-9-14-31)23-38(48-37)41-26-34-30(4)15-16-35(34)40(28-45)25-33(41)24-36(29(2)3)42(40,41)39(46)47/h24,28-35,37-38H,5-23,25-27H2,1-4H3,(H,46,47)/t30-,32+,33?,34-,35-,37-,38+,40?,41?,42?/m1/s1. The Morgan fingerprint density at radius 3 is 2.52 bits per heavy atom. The molecule has 270 valence electrons. The second-order valence-electron chi connectivity index (χ2n) is 18.3. The first kappa shape index (κ1) is 35.2. The lowest BCUT2D eigenvalue weighted by Gasteiger charge is -2.60. The Bertz CT molecular complexity index is 1190. The smallest absolute Gasteiger partial charge is 0.315 e. The van der Waals surface area contributed by atoms with Gasteiger partial charge in [-0.05, 0) is 112 Å². The third-order valence-corrected chi connectivity index (χ3v) is 15.8. The Morgan fingerprint density at radius 1 is 1.06 bits per heavy atom. The van der Waals surface area contributed by atoms with E-state index < -0.39 is 22.2 Å². The van der Waals surface area contributed by atoms with Crippen LogP contribution in [0.3, 0.4) is 0 Å². The average Bonchev–Trinajstić information content (AvgIpc) is 3.90. The highest BCUT2D eigenvalue weighted by atomic mass is 16.5. The summed E-state index contributed by atoms with van der Waals surface area (Å²) in [6, 6.07) is 0. The zero-order valence-electron chi connectivity index (χ0n) is 31.0. The highest BCUT2D eigenvalue weighted by Gasteiger charge is 2.86. The van der Waals surface area contributed by atoms with Crippen molar-refractivity contribution in [3.05, 3.63) is 11.6 Å². The normalized spacial score (nSPS) is 42.6. The lowest BCUT2D eigenvalue weighted by Crippen LogP contribution is -2.65. The van der Waals surface area contributed by atoms with Crippen molar-refractivity contribution in [2.24, 2.45) is 57.7 Å². The second kappa shape index (κ2) is 14.1. The highest BCUT2D eigenvalue weighted by Crippen LogP contribution is 2.84. The average molecular weight is 665 g/mol. The van der Waals surface area contributed by atoms with E-state index in [0.717, 1.165) is 63.4 Å². The fourth-order valence-electron chi connectivity index (χ4n) is 13.7. The molecule has 0 aromatic heterocycles. The van der Waals surface area contributed by atoms with Crippen LogP contribution in [-0.4, -0.2) is 78.6 Å². The molecule has 0 aromatic rings. The lowest BCUT2D eigenvalue weighted by molar-refractivity contribution is -0.197. The number of hydrogen-bond acceptors (Lipinski definition) is 5. The number of likely N-dealkylation sites (tertiary alicyclic amines) is 1. The van der Waals surface area contributed by atoms with Gasteiger partial charge in [0.1, 0.15) is 11.7 Å². The van der Waals surface area contributed by atoms with Gasteiger partial charge in [0, 0.05) is 25.0 Å². The van der Waals surface area contributed by atoms with E-state index in [0.29, 0.717) is 24.2 Å². The van der Waals surface area contributed by atoms with Gasteiger partial charge in [0.25, 0.3) is 0 Å². The molecule has 7 rings (SSSR count). The molecule has 1 N–H and O–H groups in total. The van der Waals surface area contributed by atoms with Crippen LogP contribution in [0.5, 0.6) is 0 Å². The summed E-state index contributed by atoms with van der Waals surface area (Å²) >= 11 is 0. The minimum absolute atomic E-state index is 0.0994. The minimum Gasteiger partial charge on any atom is -0.481 e. The summed E-state index contributed by atoms with van der Waals surface area (Å²) in [6.45, 7) is 15.8. The third-order valence-electron chi connectivity index (χ3n) is 15.8. The van der Waals surface area contributed by atoms with Gasteiger partial charge in [-0.25, -0.2) is 0 Å². The molecule has 7 aliphatic rings. The lowest BCUT2D eigenvalue weighted by atomic mass is 9.41. The Kier molecular flexibility index (Phi) is 10.3. The van der Waals surface area contributed by atoms with Crippen LogP contribution in [-0.2, 0) is 14.3 Å². The summed E-state index contributed by atoms with van der Waals surface area (Å²) in [6.07, 6.45) is 22.7. The summed E-state index contributed by atoms with van der Waals surface area (Å²) < 4.78 is 7.56. The Labute approximate surface area is 292 Å². The Hall–Kier alpha value is -1.24. The Balaban J connectivity index is 1.23. The van der Waals surface area contributed by atoms with E-state index in [-0.39, 0.29) is 30.0 Å². The molecule has 2 heterocycles. The van der Waals surface area contributed by atoms with Crippen molar-refractivity contribution in [3.63, 3.8) is 0 Å². The van der Waals surface area contributed by atoms with Gasteiger partial charge in [0.15, 0.2) is 0 Å². The number of aldehydes is 1. The maximum atomic E-state index is 14.2. The van der Waals surface area contributed by atoms with Crippen LogP contribution in [0.4, 0.5) is 0 Å². The zero-order chi connectivity index (χ0) is 33.7. The third kappa shape index (κ3) is 5.42. The summed E-state index contributed by atoms with van der Waals surface area (Å²) in [7, 11) is 0. The molecule has 2 saturated heterocycles. The van der Waals surface area contributed by atoms with E-state index in [1.807, 2.05) is 0 Å². The van der Waals surface area contributed by atoms with Gasteiger partial charge >= 0.3 is 5.97 Å². The van der Waals surface area contributed by atoms with E-state index in [4.69, 9.17) is 4.74 Å². The number of ether oxygens (including phenoxy) is 1. The van der Waals surface area contributed by atoms with Crippen molar-refractivity contribution in [2.75, 3.05) is 39.3 Å². The van der Waals surface area contributed by atoms with Crippen LogP contribution in [0.15, 0.2) is 11.6 Å². The van der Waals surface area contributed by atoms with Crippen LogP contribution < -0.4 is 0 Å². The van der Waals surface area contributed by atoms with Gasteiger partial charge in [-0.1, -0.05) is 90.7 Å². The maximum absolute atomic E-state index is 14.2. The van der Waals surface area contributed by atoms with Gasteiger partial charge in [0.2, 0.25) is 0 Å². The van der Waals surface area contributed by atoms with Crippen LogP contribution in [0.1, 0.15) is 130 Å². The SMILES string of the molecule is CCCCCN(CCN1CCCCC1)C[C@H]1O[C@H](C23C[C@@H]4[C@H](C)CC[C@H]4C4(C=O)CC2C=C(C(C)C)C43C(=O)O)C[C@@H]1CC1CCCC1. The molecular formula is C42H68N2O4. The molecule has 6 fully saturated rings. The predicted molar refractivity (Wildman–Crippen MR) is 192 cm³/mol. The van der Waals surface area contributed by atoms with Crippen molar-refractivity contribution in [1.82, 2.24) is 9.80 Å². The molecule has 0 spiro atoms. The number of rotatable bonds is 15. The summed E-state index contributed by atoms with van der Waals surface area (Å²) in [5, 5.41) is 11.7. The maximum Gasteiger partial charge on any atom is 0.315 e. The fourth-order valence-corrected chi connectivity index (χ4v) is 13.7. The number of allylic oxidation sites excluding steroid dienone is 1. The second-order valence-corrected chi connectivity index (χ2v) is 18.3. The molecule has 4 unspecified atom stereocenters. The van der Waals surface area contributed by atoms with E-state index in [1.54, 1.807) is 0 Å². The van der Waals surface area contributed by atoms with E-state index >= 15 is 0 Å². The number of carbonyl (C=O) groups is 2. The molecule has 0 amide bonds. The molecule has 6 heteroatoms. The van der Waals surface area contributed by atoms with Crippen LogP contribution in [0.2, 0.25) is 0 Å². The van der Waals surface area contributed by atoms with Crippen LogP contribution in [0.25, 0.3) is 0 Å². The Morgan fingerprint density at radius 2 is 1.83 bits per heavy atom. The van der Waals surface area contributed by atoms with Crippen molar-refractivity contribution in [1.29, 1.82) is 0 Å². The number of aliphatic carboxylic acids is 1. The molecule has 0 radical (unpaired) electrons.